The van der Waals surface area contributed by atoms with Gasteiger partial charge in [-0.3, -0.25) is 0 Å². The van der Waals surface area contributed by atoms with Crippen LogP contribution in [0.1, 0.15) is 48.0 Å². The topological polar surface area (TPSA) is 27.7 Å². The normalized spacial score (nSPS) is 15.3. The SMILES string of the molecule is C=C(C)C(C)C(C)CC[Si](OCC)(OCC)OCC. The minimum atomic E-state index is -2.47. The van der Waals surface area contributed by atoms with Gasteiger partial charge < -0.3 is 13.3 Å². The molecule has 0 radical (unpaired) electrons. The smallest absolute Gasteiger partial charge is 0.374 e. The van der Waals surface area contributed by atoms with E-state index in [1.54, 1.807) is 0 Å². The van der Waals surface area contributed by atoms with Crippen LogP contribution in [0.4, 0.5) is 0 Å². The quantitative estimate of drug-likeness (QED) is 0.420. The number of allylic oxidation sites excluding steroid dienone is 1. The summed E-state index contributed by atoms with van der Waals surface area (Å²) >= 11 is 0. The first-order valence-corrected chi connectivity index (χ1v) is 9.42. The molecule has 0 saturated carbocycles. The zero-order valence-electron chi connectivity index (χ0n) is 13.6. The average molecular weight is 289 g/mol. The number of hydrogen-bond donors (Lipinski definition) is 0. The molecule has 0 rings (SSSR count). The van der Waals surface area contributed by atoms with E-state index < -0.39 is 8.80 Å². The van der Waals surface area contributed by atoms with Crippen LogP contribution in [0.25, 0.3) is 0 Å². The fourth-order valence-electron chi connectivity index (χ4n) is 2.14. The third-order valence-corrected chi connectivity index (χ3v) is 6.72. The highest BCUT2D eigenvalue weighted by molar-refractivity contribution is 6.60. The van der Waals surface area contributed by atoms with Crippen LogP contribution >= 0.6 is 0 Å². The average Bonchev–Trinajstić information content (AvgIpc) is 2.36. The standard InChI is InChI=1S/C15H32O3Si/c1-8-16-19(17-9-2,18-10-3)12-11-14(6)15(7)13(4)5/h14-15H,4,8-12H2,1-3,5-7H3. The molecule has 0 fully saturated rings. The Morgan fingerprint density at radius 1 is 1.00 bits per heavy atom. The second-order valence-electron chi connectivity index (χ2n) is 5.13. The third-order valence-electron chi connectivity index (χ3n) is 3.63. The van der Waals surface area contributed by atoms with E-state index in [0.29, 0.717) is 31.7 Å². The van der Waals surface area contributed by atoms with Gasteiger partial charge in [-0.25, -0.2) is 0 Å². The number of rotatable bonds is 11. The lowest BCUT2D eigenvalue weighted by Gasteiger charge is -2.30. The largest absolute Gasteiger partial charge is 0.500 e. The van der Waals surface area contributed by atoms with Gasteiger partial charge in [-0.1, -0.05) is 26.0 Å². The molecule has 0 N–H and O–H groups in total. The fraction of sp³-hybridized carbons (Fsp3) is 0.867. The molecule has 0 aromatic rings. The second-order valence-corrected chi connectivity index (χ2v) is 7.87. The van der Waals surface area contributed by atoms with Crippen molar-refractivity contribution in [2.45, 2.75) is 54.0 Å². The van der Waals surface area contributed by atoms with Crippen molar-refractivity contribution in [3.8, 4) is 0 Å². The van der Waals surface area contributed by atoms with Crippen molar-refractivity contribution in [2.75, 3.05) is 19.8 Å². The summed E-state index contributed by atoms with van der Waals surface area (Å²) in [6.45, 7) is 18.6. The minimum Gasteiger partial charge on any atom is -0.374 e. The van der Waals surface area contributed by atoms with Crippen LogP contribution in [-0.2, 0) is 13.3 Å². The van der Waals surface area contributed by atoms with Gasteiger partial charge in [0, 0.05) is 25.9 Å². The molecule has 114 valence electrons. The van der Waals surface area contributed by atoms with Crippen LogP contribution < -0.4 is 0 Å². The summed E-state index contributed by atoms with van der Waals surface area (Å²) in [5.74, 6) is 1.10. The zero-order chi connectivity index (χ0) is 14.9. The summed E-state index contributed by atoms with van der Waals surface area (Å²) in [4.78, 5) is 0. The van der Waals surface area contributed by atoms with Crippen molar-refractivity contribution in [1.29, 1.82) is 0 Å². The fourth-order valence-corrected chi connectivity index (χ4v) is 4.95. The maximum Gasteiger partial charge on any atom is 0.500 e. The van der Waals surface area contributed by atoms with E-state index in [9.17, 15) is 0 Å². The summed E-state index contributed by atoms with van der Waals surface area (Å²) in [5, 5.41) is 0. The summed E-state index contributed by atoms with van der Waals surface area (Å²) in [6, 6.07) is 0.890. The van der Waals surface area contributed by atoms with Crippen LogP contribution in [0.3, 0.4) is 0 Å². The molecular weight excluding hydrogens is 256 g/mol. The van der Waals surface area contributed by atoms with E-state index in [0.717, 1.165) is 12.5 Å². The Balaban J connectivity index is 4.58. The molecule has 0 aromatic carbocycles. The molecule has 19 heavy (non-hydrogen) atoms. The van der Waals surface area contributed by atoms with Gasteiger partial charge in [0.25, 0.3) is 0 Å². The predicted octanol–water partition coefficient (Wildman–Crippen LogP) is 4.27. The van der Waals surface area contributed by atoms with Crippen LogP contribution in [0.5, 0.6) is 0 Å². The summed E-state index contributed by atoms with van der Waals surface area (Å²) < 4.78 is 17.6. The maximum atomic E-state index is 5.87. The van der Waals surface area contributed by atoms with E-state index in [1.807, 2.05) is 20.8 Å². The molecule has 0 amide bonds. The third kappa shape index (κ3) is 6.70. The first-order chi connectivity index (χ1) is 8.92. The van der Waals surface area contributed by atoms with Crippen molar-refractivity contribution in [3.05, 3.63) is 12.2 Å². The second kappa shape index (κ2) is 9.70. The highest BCUT2D eigenvalue weighted by Gasteiger charge is 2.40. The molecule has 0 aromatic heterocycles. The van der Waals surface area contributed by atoms with E-state index >= 15 is 0 Å². The van der Waals surface area contributed by atoms with Crippen molar-refractivity contribution in [3.63, 3.8) is 0 Å². The van der Waals surface area contributed by atoms with E-state index in [-0.39, 0.29) is 0 Å². The van der Waals surface area contributed by atoms with Crippen LogP contribution in [-0.4, -0.2) is 28.6 Å². The van der Waals surface area contributed by atoms with Crippen molar-refractivity contribution in [1.82, 2.24) is 0 Å². The molecule has 0 heterocycles. The van der Waals surface area contributed by atoms with E-state index in [1.165, 1.54) is 5.57 Å². The molecule has 0 bridgehead atoms. The lowest BCUT2D eigenvalue weighted by Crippen LogP contribution is -2.46. The molecule has 0 saturated heterocycles. The molecule has 0 aliphatic heterocycles. The first kappa shape index (κ1) is 18.8. The van der Waals surface area contributed by atoms with E-state index in [4.69, 9.17) is 13.3 Å². The molecule has 0 aliphatic rings. The molecule has 2 atom stereocenters. The first-order valence-electron chi connectivity index (χ1n) is 7.49. The van der Waals surface area contributed by atoms with Crippen molar-refractivity contribution >= 4 is 8.80 Å². The monoisotopic (exact) mass is 288 g/mol. The maximum absolute atomic E-state index is 5.87. The van der Waals surface area contributed by atoms with E-state index in [2.05, 4.69) is 27.4 Å². The Kier molecular flexibility index (Phi) is 9.61. The molecule has 2 unspecified atom stereocenters. The molecule has 0 aliphatic carbocycles. The Hall–Kier alpha value is -0.163. The Morgan fingerprint density at radius 2 is 1.42 bits per heavy atom. The van der Waals surface area contributed by atoms with Crippen LogP contribution in [0.2, 0.25) is 6.04 Å². The lowest BCUT2D eigenvalue weighted by molar-refractivity contribution is 0.0693. The molecular formula is C15H32O3Si. The summed E-state index contributed by atoms with van der Waals surface area (Å²) in [6.07, 6.45) is 1.06. The van der Waals surface area contributed by atoms with Gasteiger partial charge in [0.15, 0.2) is 0 Å². The van der Waals surface area contributed by atoms with Crippen LogP contribution in [0, 0.1) is 11.8 Å². The van der Waals surface area contributed by atoms with Crippen molar-refractivity contribution in [2.24, 2.45) is 11.8 Å². The summed E-state index contributed by atoms with van der Waals surface area (Å²) in [7, 11) is -2.47. The minimum absolute atomic E-state index is 0.525. The zero-order valence-corrected chi connectivity index (χ0v) is 14.6. The Morgan fingerprint density at radius 3 is 1.74 bits per heavy atom. The highest BCUT2D eigenvalue weighted by Crippen LogP contribution is 2.27. The van der Waals surface area contributed by atoms with Gasteiger partial charge in [-0.2, -0.15) is 0 Å². The van der Waals surface area contributed by atoms with Gasteiger partial charge in [0.2, 0.25) is 0 Å². The van der Waals surface area contributed by atoms with Crippen LogP contribution in [0.15, 0.2) is 12.2 Å². The number of hydrogen-bond acceptors (Lipinski definition) is 3. The van der Waals surface area contributed by atoms with Gasteiger partial charge in [-0.05, 0) is 46.0 Å². The highest BCUT2D eigenvalue weighted by atomic mass is 28.4. The molecule has 0 spiro atoms. The molecule has 3 nitrogen and oxygen atoms in total. The lowest BCUT2D eigenvalue weighted by atomic mass is 9.89. The van der Waals surface area contributed by atoms with Gasteiger partial charge in [0.05, 0.1) is 0 Å². The predicted molar refractivity (Wildman–Crippen MR) is 83.2 cm³/mol. The Bertz CT molecular complexity index is 239. The van der Waals surface area contributed by atoms with Gasteiger partial charge in [-0.15, -0.1) is 0 Å². The van der Waals surface area contributed by atoms with Gasteiger partial charge >= 0.3 is 8.80 Å². The summed E-state index contributed by atoms with van der Waals surface area (Å²) in [5.41, 5.74) is 1.24. The molecule has 4 heteroatoms. The van der Waals surface area contributed by atoms with Gasteiger partial charge in [0.1, 0.15) is 0 Å². The van der Waals surface area contributed by atoms with Crippen molar-refractivity contribution < 1.29 is 13.3 Å². The Labute approximate surface area is 120 Å².